The average Bonchev–Trinajstić information content (AvgIpc) is 3.05. The highest BCUT2D eigenvalue weighted by Gasteiger charge is 2.19. The number of methoxy groups -OCH3 is 1. The van der Waals surface area contributed by atoms with Crippen LogP contribution in [0, 0.1) is 5.92 Å². The molecule has 1 saturated carbocycles. The van der Waals surface area contributed by atoms with E-state index in [4.69, 9.17) is 19.6 Å². The van der Waals surface area contributed by atoms with Crippen molar-refractivity contribution in [3.63, 3.8) is 0 Å². The van der Waals surface area contributed by atoms with Crippen molar-refractivity contribution in [2.24, 2.45) is 10.9 Å². The minimum atomic E-state index is -0.602. The molecule has 0 saturated heterocycles. The van der Waals surface area contributed by atoms with Crippen molar-refractivity contribution in [1.29, 1.82) is 0 Å². The molecule has 1 aliphatic carbocycles. The number of hydrogen-bond donors (Lipinski definition) is 4. The Bertz CT molecular complexity index is 1010. The summed E-state index contributed by atoms with van der Waals surface area (Å²) in [5.41, 5.74) is 10.6. The Hall–Kier alpha value is -3.26. The van der Waals surface area contributed by atoms with Crippen molar-refractivity contribution < 1.29 is 19.4 Å². The van der Waals surface area contributed by atoms with Crippen LogP contribution in [0.25, 0.3) is 0 Å². The van der Waals surface area contributed by atoms with Gasteiger partial charge >= 0.3 is 5.97 Å². The number of rotatable bonds is 17. The predicted molar refractivity (Wildman–Crippen MR) is 193 cm³/mol. The summed E-state index contributed by atoms with van der Waals surface area (Å²) < 4.78 is 11.3. The molecule has 8 nitrogen and oxygen atoms in total. The number of carboxylic acid groups (broad SMARTS) is 1. The van der Waals surface area contributed by atoms with E-state index in [1.54, 1.807) is 7.11 Å². The zero-order valence-electron chi connectivity index (χ0n) is 30.4. The van der Waals surface area contributed by atoms with Crippen LogP contribution in [-0.2, 0) is 14.3 Å². The van der Waals surface area contributed by atoms with Gasteiger partial charge in [-0.3, -0.25) is 4.79 Å². The van der Waals surface area contributed by atoms with Gasteiger partial charge in [0.15, 0.2) is 0 Å². The second-order valence-corrected chi connectivity index (χ2v) is 10.4. The maximum Gasteiger partial charge on any atom is 0.306 e. The fraction of sp³-hybridized carbons (Fsp3) is 0.622. The van der Waals surface area contributed by atoms with Gasteiger partial charge in [0.1, 0.15) is 11.6 Å². The van der Waals surface area contributed by atoms with Crippen molar-refractivity contribution >= 4 is 11.9 Å². The number of nitrogens with one attached hydrogen (secondary N) is 3. The number of carbonyl (C=O) groups is 1. The van der Waals surface area contributed by atoms with Gasteiger partial charge in [0, 0.05) is 12.7 Å². The number of hydrazine groups is 1. The summed E-state index contributed by atoms with van der Waals surface area (Å²) in [6.07, 6.45) is 22.4. The van der Waals surface area contributed by atoms with E-state index in [2.05, 4.69) is 69.0 Å². The SMILES string of the molecule is CC.C\C=C(/N=C(\C=C\CCC)OCC)N\C(CCC)=C(NNC)/C(C)=C/C=C(OC)\C(C)=C\CC.O=C(O)C1CCCCC1. The van der Waals surface area contributed by atoms with E-state index in [-0.39, 0.29) is 5.92 Å². The minimum Gasteiger partial charge on any atom is -0.497 e. The molecule has 1 fully saturated rings. The highest BCUT2D eigenvalue weighted by Crippen LogP contribution is 2.23. The molecule has 8 heteroatoms. The Balaban J connectivity index is 0. The van der Waals surface area contributed by atoms with Gasteiger partial charge in [-0.1, -0.05) is 85.0 Å². The van der Waals surface area contributed by atoms with Crippen LogP contribution in [0.15, 0.2) is 75.6 Å². The van der Waals surface area contributed by atoms with Crippen LogP contribution >= 0.6 is 0 Å². The molecule has 0 heterocycles. The first-order valence-electron chi connectivity index (χ1n) is 17.0. The molecule has 0 aromatic carbocycles. The molecule has 0 radical (unpaired) electrons. The first kappa shape index (κ1) is 43.9. The van der Waals surface area contributed by atoms with Gasteiger partial charge in [-0.2, -0.15) is 4.99 Å². The highest BCUT2D eigenvalue weighted by atomic mass is 16.5. The minimum absolute atomic E-state index is 0.0289. The summed E-state index contributed by atoms with van der Waals surface area (Å²) in [6, 6.07) is 0. The van der Waals surface area contributed by atoms with Gasteiger partial charge in [0.25, 0.3) is 0 Å². The zero-order valence-corrected chi connectivity index (χ0v) is 30.4. The second kappa shape index (κ2) is 29.5. The van der Waals surface area contributed by atoms with E-state index in [1.807, 2.05) is 53.0 Å². The fourth-order valence-corrected chi connectivity index (χ4v) is 4.49. The Morgan fingerprint density at radius 1 is 1.00 bits per heavy atom. The number of hydrogen-bond acceptors (Lipinski definition) is 7. The van der Waals surface area contributed by atoms with Gasteiger partial charge in [0.2, 0.25) is 5.90 Å². The van der Waals surface area contributed by atoms with Crippen LogP contribution in [0.3, 0.4) is 0 Å². The quantitative estimate of drug-likeness (QED) is 0.0417. The maximum absolute atomic E-state index is 10.4. The molecule has 0 aromatic rings. The Kier molecular flexibility index (Phi) is 28.7. The largest absolute Gasteiger partial charge is 0.497 e. The van der Waals surface area contributed by atoms with Crippen molar-refractivity contribution in [2.75, 3.05) is 20.8 Å². The first-order valence-corrected chi connectivity index (χ1v) is 17.0. The molecule has 1 aliphatic rings. The van der Waals surface area contributed by atoms with Crippen LogP contribution in [0.4, 0.5) is 0 Å². The zero-order chi connectivity index (χ0) is 34.5. The molecule has 0 atom stereocenters. The predicted octanol–water partition coefficient (Wildman–Crippen LogP) is 9.47. The van der Waals surface area contributed by atoms with E-state index in [0.717, 1.165) is 91.9 Å². The normalized spacial score (nSPS) is 15.8. The molecule has 45 heavy (non-hydrogen) atoms. The molecule has 0 amide bonds. The number of allylic oxidation sites excluding steroid dienone is 8. The van der Waals surface area contributed by atoms with Crippen molar-refractivity contribution in [2.45, 2.75) is 127 Å². The number of carboxylic acids is 1. The molecular weight excluding hydrogens is 564 g/mol. The summed E-state index contributed by atoms with van der Waals surface area (Å²) in [6.45, 7) is 19.1. The molecule has 0 unspecified atom stereocenters. The van der Waals surface area contributed by atoms with E-state index in [9.17, 15) is 4.79 Å². The lowest BCUT2D eigenvalue weighted by Crippen LogP contribution is -2.31. The first-order chi connectivity index (χ1) is 21.7. The second-order valence-electron chi connectivity index (χ2n) is 10.4. The van der Waals surface area contributed by atoms with E-state index in [0.29, 0.717) is 12.5 Å². The lowest BCUT2D eigenvalue weighted by atomic mass is 9.90. The van der Waals surface area contributed by atoms with Crippen LogP contribution in [-0.4, -0.2) is 37.7 Å². The fourth-order valence-electron chi connectivity index (χ4n) is 4.49. The molecule has 0 aliphatic heterocycles. The van der Waals surface area contributed by atoms with Gasteiger partial charge in [-0.25, -0.2) is 5.43 Å². The van der Waals surface area contributed by atoms with Crippen LogP contribution in [0.2, 0.25) is 0 Å². The van der Waals surface area contributed by atoms with E-state index in [1.165, 1.54) is 6.42 Å². The third kappa shape index (κ3) is 20.4. The van der Waals surface area contributed by atoms with Gasteiger partial charge in [0.05, 0.1) is 25.3 Å². The monoisotopic (exact) mass is 631 g/mol. The van der Waals surface area contributed by atoms with Crippen LogP contribution in [0.1, 0.15) is 127 Å². The highest BCUT2D eigenvalue weighted by molar-refractivity contribution is 5.88. The molecule has 4 N–H and O–H groups in total. The number of nitrogens with zero attached hydrogens (tertiary/aromatic N) is 1. The summed E-state index contributed by atoms with van der Waals surface area (Å²) >= 11 is 0. The third-order valence-electron chi connectivity index (χ3n) is 6.80. The third-order valence-corrected chi connectivity index (χ3v) is 6.80. The van der Waals surface area contributed by atoms with Gasteiger partial charge in [-0.05, 0) is 89.2 Å². The van der Waals surface area contributed by atoms with E-state index < -0.39 is 5.97 Å². The summed E-state index contributed by atoms with van der Waals surface area (Å²) in [5.74, 6) is 1.57. The molecule has 0 spiro atoms. The summed E-state index contributed by atoms with van der Waals surface area (Å²) in [5, 5.41) is 12.1. The summed E-state index contributed by atoms with van der Waals surface area (Å²) in [7, 11) is 3.57. The number of ether oxygens (including phenoxy) is 2. The van der Waals surface area contributed by atoms with Crippen LogP contribution in [0.5, 0.6) is 0 Å². The molecule has 0 bridgehead atoms. The van der Waals surface area contributed by atoms with Crippen LogP contribution < -0.4 is 16.2 Å². The Labute approximate surface area is 275 Å². The lowest BCUT2D eigenvalue weighted by Gasteiger charge is -2.19. The Morgan fingerprint density at radius 2 is 1.67 bits per heavy atom. The smallest absolute Gasteiger partial charge is 0.306 e. The van der Waals surface area contributed by atoms with Gasteiger partial charge < -0.3 is 25.3 Å². The van der Waals surface area contributed by atoms with E-state index >= 15 is 0 Å². The average molecular weight is 631 g/mol. The molecule has 1 rings (SSSR count). The van der Waals surface area contributed by atoms with Crippen molar-refractivity contribution in [1.82, 2.24) is 16.2 Å². The topological polar surface area (TPSA) is 104 Å². The number of aliphatic carboxylic acids is 1. The molecule has 258 valence electrons. The standard InChI is InChI=1S/C28H48N4O2.C7H12O2.C2H6/c1-10-15-16-19-27(34-14-5)31-26(13-4)30-24(18-12-3)28(32-29-8)23(7)20-21-25(33-9)22(6)17-11-2;8-7(9)6-4-2-1-3-5-6;1-2/h13,16-17,19-21,29-30,32H,10-12,14-15,18H2,1-9H3;6H,1-5H2,(H,8,9);1-2H3/b19-16+,22-17+,23-20+,25-21+,26-13-,28-24+,31-27+;;. The Morgan fingerprint density at radius 3 is 2.13 bits per heavy atom. The summed E-state index contributed by atoms with van der Waals surface area (Å²) in [4.78, 5) is 15.1. The van der Waals surface area contributed by atoms with Crippen molar-refractivity contribution in [3.05, 3.63) is 70.6 Å². The molecular formula is C37H66N4O4. The van der Waals surface area contributed by atoms with Gasteiger partial charge in [-0.15, -0.1) is 0 Å². The number of unbranched alkanes of at least 4 members (excludes halogenated alkanes) is 1. The lowest BCUT2D eigenvalue weighted by molar-refractivity contribution is -0.142. The number of aliphatic imine (C=N–C) groups is 1. The maximum atomic E-state index is 10.4. The van der Waals surface area contributed by atoms with Crippen molar-refractivity contribution in [3.8, 4) is 0 Å². The molecule has 0 aromatic heterocycles.